The van der Waals surface area contributed by atoms with E-state index in [9.17, 15) is 4.79 Å². The van der Waals surface area contributed by atoms with Crippen molar-refractivity contribution in [3.8, 4) is 0 Å². The fraction of sp³-hybridized carbons (Fsp3) is 0.500. The van der Waals surface area contributed by atoms with E-state index in [1.165, 1.54) is 0 Å². The second kappa shape index (κ2) is 5.98. The number of carbonyl (C=O) groups is 1. The highest BCUT2D eigenvalue weighted by Crippen LogP contribution is 2.19. The van der Waals surface area contributed by atoms with E-state index in [1.807, 2.05) is 0 Å². The number of benzene rings is 1. The lowest BCUT2D eigenvalue weighted by Gasteiger charge is -2.26. The van der Waals surface area contributed by atoms with Crippen molar-refractivity contribution in [3.63, 3.8) is 0 Å². The Kier molecular flexibility index (Phi) is 2.05. The maximum Gasteiger partial charge on any atom is 0.238 e. The molecule has 1 fully saturated rings. The minimum absolute atomic E-state index is 0.277. The third-order valence-corrected chi connectivity index (χ3v) is 2.55. The van der Waals surface area contributed by atoms with Crippen molar-refractivity contribution in [1.82, 2.24) is 10.2 Å². The first-order valence-corrected chi connectivity index (χ1v) is 5.57. The van der Waals surface area contributed by atoms with Crippen LogP contribution in [0.25, 0.3) is 0 Å². The van der Waals surface area contributed by atoms with Gasteiger partial charge in [-0.2, -0.15) is 0 Å². The largest absolute Gasteiger partial charge is 0.324 e. The number of nitrogens with one attached hydrogen (secondary N) is 2. The lowest BCUT2D eigenvalue weighted by molar-refractivity contribution is -0.117. The molecule has 1 aromatic carbocycles. The number of aryl methyl sites for hydroxylation is 2. The molecule has 98 valence electrons. The molecule has 1 aliphatic heterocycles. The lowest BCUT2D eigenvalue weighted by atomic mass is 10.1. The van der Waals surface area contributed by atoms with Gasteiger partial charge in [-0.15, -0.1) is 0 Å². The van der Waals surface area contributed by atoms with Crippen molar-refractivity contribution >= 4 is 11.6 Å². The molecular weight excluding hydrogens is 226 g/mol. The zero-order chi connectivity index (χ0) is 20.1. The first-order chi connectivity index (χ1) is 11.6. The molecule has 0 saturated carbocycles. The van der Waals surface area contributed by atoms with Crippen molar-refractivity contribution in [2.75, 3.05) is 37.8 Å². The van der Waals surface area contributed by atoms with Gasteiger partial charge in [-0.25, -0.2) is 0 Å². The predicted octanol–water partition coefficient (Wildman–Crippen LogP) is 1.15. The Labute approximate surface area is 120 Å². The third kappa shape index (κ3) is 3.31. The van der Waals surface area contributed by atoms with Crippen LogP contribution in [0.5, 0.6) is 0 Å². The van der Waals surface area contributed by atoms with Crippen molar-refractivity contribution in [2.24, 2.45) is 0 Å². The van der Waals surface area contributed by atoms with Gasteiger partial charge in [0.05, 0.1) is 6.54 Å². The summed E-state index contributed by atoms with van der Waals surface area (Å²) in [5.74, 6) is -0.774. The molecular formula is C14H21N3O. The number of rotatable bonds is 3. The van der Waals surface area contributed by atoms with Crippen molar-refractivity contribution in [1.29, 1.82) is 0 Å². The van der Waals surface area contributed by atoms with Crippen LogP contribution in [0.4, 0.5) is 5.69 Å². The maximum atomic E-state index is 12.4. The number of hydrogen-bond donors (Lipinski definition) is 2. The van der Waals surface area contributed by atoms with Crippen LogP contribution in [0.3, 0.4) is 0 Å². The van der Waals surface area contributed by atoms with Crippen molar-refractivity contribution in [3.05, 3.63) is 29.3 Å². The highest BCUT2D eigenvalue weighted by atomic mass is 16.2. The fourth-order valence-corrected chi connectivity index (χ4v) is 1.66. The Hall–Kier alpha value is -1.39. The molecule has 1 aliphatic rings. The van der Waals surface area contributed by atoms with Crippen LogP contribution >= 0.6 is 0 Å². The summed E-state index contributed by atoms with van der Waals surface area (Å²) < 4.78 is 62.7. The second-order valence-corrected chi connectivity index (χ2v) is 4.00. The van der Waals surface area contributed by atoms with Gasteiger partial charge in [-0.1, -0.05) is 18.2 Å². The minimum Gasteiger partial charge on any atom is -0.324 e. The Morgan fingerprint density at radius 1 is 1.39 bits per heavy atom. The number of carbonyl (C=O) groups excluding carboxylic acids is 1. The zero-order valence-corrected chi connectivity index (χ0v) is 10.3. The second-order valence-electron chi connectivity index (χ2n) is 4.00. The summed E-state index contributed by atoms with van der Waals surface area (Å²) >= 11 is 0. The van der Waals surface area contributed by atoms with Crippen LogP contribution in [-0.4, -0.2) is 43.3 Å². The summed E-state index contributed by atoms with van der Waals surface area (Å²) in [5.41, 5.74) is 2.02. The number of para-hydroxylation sites is 1. The van der Waals surface area contributed by atoms with Gasteiger partial charge in [0.1, 0.15) is 0 Å². The number of hydrogen-bond acceptors (Lipinski definition) is 3. The number of nitrogens with zero attached hydrogens (tertiary/aromatic N) is 1. The molecule has 0 aliphatic carbocycles. The molecule has 0 aromatic heterocycles. The van der Waals surface area contributed by atoms with Crippen LogP contribution in [-0.2, 0) is 4.79 Å². The maximum absolute atomic E-state index is 12.4. The van der Waals surface area contributed by atoms with Crippen molar-refractivity contribution in [2.45, 2.75) is 13.8 Å². The van der Waals surface area contributed by atoms with E-state index in [0.717, 1.165) is 11.1 Å². The number of piperazine rings is 1. The lowest BCUT2D eigenvalue weighted by Crippen LogP contribution is -2.46. The molecule has 0 spiro atoms. The molecule has 1 heterocycles. The van der Waals surface area contributed by atoms with Gasteiger partial charge in [0.25, 0.3) is 0 Å². The van der Waals surface area contributed by atoms with E-state index in [0.29, 0.717) is 5.69 Å². The quantitative estimate of drug-likeness (QED) is 0.851. The molecule has 2 rings (SSSR count). The van der Waals surface area contributed by atoms with Crippen LogP contribution in [0.1, 0.15) is 22.1 Å². The Morgan fingerprint density at radius 2 is 2.00 bits per heavy atom. The first kappa shape index (κ1) is 6.17. The highest BCUT2D eigenvalue weighted by Gasteiger charge is 2.14. The number of amides is 1. The van der Waals surface area contributed by atoms with E-state index < -0.39 is 38.4 Å². The smallest absolute Gasteiger partial charge is 0.238 e. The van der Waals surface area contributed by atoms with Crippen LogP contribution in [0.15, 0.2) is 18.2 Å². The summed E-state index contributed by atoms with van der Waals surface area (Å²) in [6.45, 7) is -9.11. The highest BCUT2D eigenvalue weighted by molar-refractivity contribution is 5.93. The van der Waals surface area contributed by atoms with Crippen LogP contribution in [0.2, 0.25) is 0 Å². The minimum atomic E-state index is -2.97. The van der Waals surface area contributed by atoms with Gasteiger partial charge < -0.3 is 10.6 Å². The molecule has 0 bridgehead atoms. The summed E-state index contributed by atoms with van der Waals surface area (Å²) in [4.78, 5) is 12.7. The predicted molar refractivity (Wildman–Crippen MR) is 73.9 cm³/mol. The Balaban J connectivity index is 2.34. The Morgan fingerprint density at radius 3 is 2.61 bits per heavy atom. The molecule has 2 N–H and O–H groups in total. The molecule has 1 saturated heterocycles. The normalized spacial score (nSPS) is 34.3. The topological polar surface area (TPSA) is 44.4 Å². The molecule has 0 radical (unpaired) electrons. The summed E-state index contributed by atoms with van der Waals surface area (Å²) in [5, 5.41) is 4.30. The first-order valence-electron chi connectivity index (χ1n) is 9.57. The summed E-state index contributed by atoms with van der Waals surface area (Å²) in [6.07, 6.45) is 0. The molecule has 1 amide bonds. The van der Waals surface area contributed by atoms with Crippen LogP contribution < -0.4 is 10.6 Å². The van der Waals surface area contributed by atoms with E-state index in [-0.39, 0.29) is 4.90 Å². The fourth-order valence-electron chi connectivity index (χ4n) is 1.66. The van der Waals surface area contributed by atoms with Crippen molar-refractivity contribution < 1.29 is 15.8 Å². The van der Waals surface area contributed by atoms with E-state index in [1.54, 1.807) is 37.4 Å². The molecule has 4 heteroatoms. The van der Waals surface area contributed by atoms with E-state index in [4.69, 9.17) is 11.0 Å². The van der Waals surface area contributed by atoms with E-state index >= 15 is 0 Å². The average molecular weight is 255 g/mol. The van der Waals surface area contributed by atoms with Crippen LogP contribution in [0, 0.1) is 13.8 Å². The SMILES string of the molecule is [2H]C1([2H])NC([2H])([2H])C([2H])([2H])N(CC(=O)Nc2c(C)cccc2C)C1([2H])[2H]. The van der Waals surface area contributed by atoms with Gasteiger partial charge in [-0.05, 0) is 25.0 Å². The van der Waals surface area contributed by atoms with Gasteiger partial charge in [-0.3, -0.25) is 9.69 Å². The summed E-state index contributed by atoms with van der Waals surface area (Å²) in [6, 6.07) is 5.34. The molecule has 1 aromatic rings. The zero-order valence-electron chi connectivity index (χ0n) is 18.3. The standard InChI is InChI=1S/C14H21N3O/c1-11-4-3-5-12(2)14(11)16-13(18)10-17-8-6-15-7-9-17/h3-5,15H,6-10H2,1-2H3,(H,16,18)/i6D2,7D2,8D2,9D2. The summed E-state index contributed by atoms with van der Waals surface area (Å²) in [7, 11) is 0. The molecule has 18 heavy (non-hydrogen) atoms. The monoisotopic (exact) mass is 255 g/mol. The van der Waals surface area contributed by atoms with Gasteiger partial charge in [0.15, 0.2) is 0 Å². The molecule has 0 atom stereocenters. The van der Waals surface area contributed by atoms with E-state index in [2.05, 4.69) is 5.32 Å². The third-order valence-electron chi connectivity index (χ3n) is 2.55. The average Bonchev–Trinajstić information content (AvgIpc) is 2.46. The molecule has 0 unspecified atom stereocenters. The van der Waals surface area contributed by atoms with Gasteiger partial charge >= 0.3 is 0 Å². The number of anilines is 1. The molecule has 4 nitrogen and oxygen atoms in total. The Bertz CT molecular complexity index is 676. The van der Waals surface area contributed by atoms with Gasteiger partial charge in [0, 0.05) is 42.6 Å². The van der Waals surface area contributed by atoms with Gasteiger partial charge in [0.2, 0.25) is 5.91 Å².